The van der Waals surface area contributed by atoms with Crippen molar-refractivity contribution in [3.63, 3.8) is 0 Å². The van der Waals surface area contributed by atoms with Crippen LogP contribution in [-0.4, -0.2) is 10.9 Å². The van der Waals surface area contributed by atoms with Crippen molar-refractivity contribution in [2.24, 2.45) is 0 Å². The topological polar surface area (TPSA) is 55.8 Å². The van der Waals surface area contributed by atoms with E-state index in [0.29, 0.717) is 24.7 Å². The molecule has 3 aromatic carbocycles. The van der Waals surface area contributed by atoms with Crippen molar-refractivity contribution in [2.45, 2.75) is 27.1 Å². The molecule has 0 amide bonds. The van der Waals surface area contributed by atoms with Gasteiger partial charge in [0.05, 0.1) is 0 Å². The lowest BCUT2D eigenvalue weighted by Crippen LogP contribution is -2.04. The molecule has 0 radical (unpaired) electrons. The number of phenols is 1. The summed E-state index contributed by atoms with van der Waals surface area (Å²) in [7, 11) is 0. The molecule has 0 aliphatic heterocycles. The number of carbonyl (C=O) groups is 1. The van der Waals surface area contributed by atoms with E-state index < -0.39 is 0 Å². The van der Waals surface area contributed by atoms with Crippen LogP contribution in [0.1, 0.15) is 34.0 Å². The molecule has 4 nitrogen and oxygen atoms in total. The van der Waals surface area contributed by atoms with Crippen molar-refractivity contribution in [1.82, 2.24) is 0 Å². The van der Waals surface area contributed by atoms with Crippen LogP contribution in [0, 0.1) is 6.92 Å². The molecule has 0 aliphatic rings. The first-order valence-electron chi connectivity index (χ1n) is 8.76. The van der Waals surface area contributed by atoms with E-state index in [-0.39, 0.29) is 17.1 Å². The highest BCUT2D eigenvalue weighted by molar-refractivity contribution is 5.99. The molecular formula is C23H22O4. The lowest BCUT2D eigenvalue weighted by Gasteiger charge is -2.15. The van der Waals surface area contributed by atoms with Crippen LogP contribution in [-0.2, 0) is 13.2 Å². The van der Waals surface area contributed by atoms with E-state index in [1.165, 1.54) is 13.0 Å². The Morgan fingerprint density at radius 2 is 1.63 bits per heavy atom. The summed E-state index contributed by atoms with van der Waals surface area (Å²) >= 11 is 0. The standard InChI is InChI=1S/C23H22O4/c1-16-8-6-7-11-19(16)15-26-20-12-21(25)23(17(2)24)22(13-20)27-14-18-9-4-3-5-10-18/h3-13,25H,14-15H2,1-2H3. The maximum Gasteiger partial charge on any atom is 0.167 e. The predicted molar refractivity (Wildman–Crippen MR) is 104 cm³/mol. The molecule has 0 saturated carbocycles. The first-order valence-corrected chi connectivity index (χ1v) is 8.76. The SMILES string of the molecule is CC(=O)c1c(O)cc(OCc2ccccc2C)cc1OCc1ccccc1. The summed E-state index contributed by atoms with van der Waals surface area (Å²) in [6.07, 6.45) is 0. The second-order valence-electron chi connectivity index (χ2n) is 6.36. The van der Waals surface area contributed by atoms with Gasteiger partial charge in [-0.05, 0) is 30.5 Å². The highest BCUT2D eigenvalue weighted by Crippen LogP contribution is 2.34. The van der Waals surface area contributed by atoms with E-state index >= 15 is 0 Å². The normalized spacial score (nSPS) is 10.4. The third-order valence-electron chi connectivity index (χ3n) is 4.30. The van der Waals surface area contributed by atoms with Crippen LogP contribution in [0.4, 0.5) is 0 Å². The van der Waals surface area contributed by atoms with Crippen molar-refractivity contribution in [3.05, 3.63) is 89.0 Å². The van der Waals surface area contributed by atoms with Crippen LogP contribution < -0.4 is 9.47 Å². The summed E-state index contributed by atoms with van der Waals surface area (Å²) in [5.41, 5.74) is 3.31. The number of hydrogen-bond acceptors (Lipinski definition) is 4. The van der Waals surface area contributed by atoms with E-state index in [4.69, 9.17) is 9.47 Å². The van der Waals surface area contributed by atoms with Gasteiger partial charge in [-0.15, -0.1) is 0 Å². The van der Waals surface area contributed by atoms with Crippen LogP contribution in [0.3, 0.4) is 0 Å². The molecule has 1 N–H and O–H groups in total. The zero-order valence-electron chi connectivity index (χ0n) is 15.4. The lowest BCUT2D eigenvalue weighted by molar-refractivity contribution is 0.101. The van der Waals surface area contributed by atoms with Crippen molar-refractivity contribution >= 4 is 5.78 Å². The van der Waals surface area contributed by atoms with Crippen LogP contribution >= 0.6 is 0 Å². The molecule has 27 heavy (non-hydrogen) atoms. The fraction of sp³-hybridized carbons (Fsp3) is 0.174. The van der Waals surface area contributed by atoms with Gasteiger partial charge in [-0.3, -0.25) is 4.79 Å². The van der Waals surface area contributed by atoms with Crippen LogP contribution in [0.5, 0.6) is 17.2 Å². The Balaban J connectivity index is 1.82. The maximum atomic E-state index is 12.0. The van der Waals surface area contributed by atoms with Gasteiger partial charge in [-0.25, -0.2) is 0 Å². The fourth-order valence-corrected chi connectivity index (χ4v) is 2.80. The molecule has 0 atom stereocenters. The third kappa shape index (κ3) is 4.67. The van der Waals surface area contributed by atoms with Gasteiger partial charge in [-0.1, -0.05) is 54.6 Å². The average Bonchev–Trinajstić information content (AvgIpc) is 2.66. The molecule has 0 aromatic heterocycles. The summed E-state index contributed by atoms with van der Waals surface area (Å²) in [5, 5.41) is 10.3. The molecule has 4 heteroatoms. The molecule has 138 valence electrons. The molecule has 0 bridgehead atoms. The molecule has 3 aromatic rings. The second-order valence-corrected chi connectivity index (χ2v) is 6.36. The van der Waals surface area contributed by atoms with Crippen molar-refractivity contribution < 1.29 is 19.4 Å². The van der Waals surface area contributed by atoms with E-state index in [1.807, 2.05) is 61.5 Å². The molecule has 3 rings (SSSR count). The highest BCUT2D eigenvalue weighted by Gasteiger charge is 2.17. The summed E-state index contributed by atoms with van der Waals surface area (Å²) < 4.78 is 11.7. The van der Waals surface area contributed by atoms with Gasteiger partial charge in [0.2, 0.25) is 0 Å². The molecular weight excluding hydrogens is 340 g/mol. The number of ketones is 1. The fourth-order valence-electron chi connectivity index (χ4n) is 2.80. The minimum Gasteiger partial charge on any atom is -0.507 e. The molecule has 0 spiro atoms. The van der Waals surface area contributed by atoms with Gasteiger partial charge in [0.25, 0.3) is 0 Å². The Morgan fingerprint density at radius 1 is 0.926 bits per heavy atom. The number of phenolic OH excluding ortho intramolecular Hbond substituents is 1. The van der Waals surface area contributed by atoms with Gasteiger partial charge in [-0.2, -0.15) is 0 Å². The third-order valence-corrected chi connectivity index (χ3v) is 4.30. The monoisotopic (exact) mass is 362 g/mol. The van der Waals surface area contributed by atoms with Gasteiger partial charge in [0.1, 0.15) is 36.0 Å². The Bertz CT molecular complexity index is 932. The Kier molecular flexibility index (Phi) is 5.77. The molecule has 0 aliphatic carbocycles. The second kappa shape index (κ2) is 8.41. The number of aromatic hydroxyl groups is 1. The summed E-state index contributed by atoms with van der Waals surface area (Å²) in [5.74, 6) is 0.351. The number of aryl methyl sites for hydroxylation is 1. The first-order chi connectivity index (χ1) is 13.0. The van der Waals surface area contributed by atoms with Crippen LogP contribution in [0.15, 0.2) is 66.7 Å². The van der Waals surface area contributed by atoms with Gasteiger partial charge < -0.3 is 14.6 Å². The minimum atomic E-state index is -0.263. The summed E-state index contributed by atoms with van der Waals surface area (Å²) in [6, 6.07) is 20.7. The van der Waals surface area contributed by atoms with Crippen LogP contribution in [0.25, 0.3) is 0 Å². The van der Waals surface area contributed by atoms with Gasteiger partial charge in [0.15, 0.2) is 5.78 Å². The molecule has 0 heterocycles. The maximum absolute atomic E-state index is 12.0. The number of benzene rings is 3. The molecule has 0 saturated heterocycles. The number of carbonyl (C=O) groups excluding carboxylic acids is 1. The average molecular weight is 362 g/mol. The Labute approximate surface area is 159 Å². The van der Waals surface area contributed by atoms with E-state index in [9.17, 15) is 9.90 Å². The number of rotatable bonds is 7. The van der Waals surface area contributed by atoms with E-state index in [0.717, 1.165) is 16.7 Å². The predicted octanol–water partition coefficient (Wildman–Crippen LogP) is 5.06. The number of Topliss-reactive ketones (excluding diaryl/α,β-unsaturated/α-hetero) is 1. The van der Waals surface area contributed by atoms with E-state index in [1.54, 1.807) is 6.07 Å². The molecule has 0 unspecified atom stereocenters. The van der Waals surface area contributed by atoms with Gasteiger partial charge >= 0.3 is 0 Å². The zero-order valence-corrected chi connectivity index (χ0v) is 15.4. The smallest absolute Gasteiger partial charge is 0.167 e. The quantitative estimate of drug-likeness (QED) is 0.597. The van der Waals surface area contributed by atoms with Crippen molar-refractivity contribution in [1.29, 1.82) is 0 Å². The van der Waals surface area contributed by atoms with Crippen molar-refractivity contribution in [2.75, 3.05) is 0 Å². The van der Waals surface area contributed by atoms with Crippen molar-refractivity contribution in [3.8, 4) is 17.2 Å². The highest BCUT2D eigenvalue weighted by atomic mass is 16.5. The minimum absolute atomic E-state index is 0.146. The zero-order chi connectivity index (χ0) is 19.2. The lowest BCUT2D eigenvalue weighted by atomic mass is 10.1. The number of ether oxygens (including phenoxy) is 2. The van der Waals surface area contributed by atoms with Crippen LogP contribution in [0.2, 0.25) is 0 Å². The Morgan fingerprint density at radius 3 is 2.33 bits per heavy atom. The van der Waals surface area contributed by atoms with Gasteiger partial charge in [0, 0.05) is 12.1 Å². The first kappa shape index (κ1) is 18.5. The summed E-state index contributed by atoms with van der Waals surface area (Å²) in [4.78, 5) is 12.0. The van der Waals surface area contributed by atoms with E-state index in [2.05, 4.69) is 0 Å². The summed E-state index contributed by atoms with van der Waals surface area (Å²) in [6.45, 7) is 4.08. The Hall–Kier alpha value is -3.27. The number of hydrogen-bond donors (Lipinski definition) is 1. The largest absolute Gasteiger partial charge is 0.507 e. The molecule has 0 fully saturated rings.